The summed E-state index contributed by atoms with van der Waals surface area (Å²) in [5, 5.41) is 1.65. The summed E-state index contributed by atoms with van der Waals surface area (Å²) in [4.78, 5) is 27.0. The number of carbonyl (C=O) groups excluding carboxylic acids is 2. The molecule has 1 aromatic heterocycles. The van der Waals surface area contributed by atoms with Gasteiger partial charge in [0, 0.05) is 4.88 Å². The molecule has 2 amide bonds. The van der Waals surface area contributed by atoms with Crippen molar-refractivity contribution in [3.8, 4) is 5.75 Å². The molecule has 2 aromatic rings. The van der Waals surface area contributed by atoms with Crippen LogP contribution >= 0.6 is 23.1 Å². The fourth-order valence-electron chi connectivity index (χ4n) is 1.92. The Kier molecular flexibility index (Phi) is 3.81. The number of hydrogen-bond acceptors (Lipinski definition) is 5. The predicted molar refractivity (Wildman–Crippen MR) is 85.8 cm³/mol. The van der Waals surface area contributed by atoms with Gasteiger partial charge in [0.25, 0.3) is 11.1 Å². The Morgan fingerprint density at radius 2 is 1.90 bits per heavy atom. The molecule has 0 radical (unpaired) electrons. The van der Waals surface area contributed by atoms with Crippen LogP contribution in [0.2, 0.25) is 0 Å². The van der Waals surface area contributed by atoms with Crippen LogP contribution in [-0.4, -0.2) is 18.3 Å². The minimum atomic E-state index is -0.288. The van der Waals surface area contributed by atoms with E-state index in [0.29, 0.717) is 16.3 Å². The standard InChI is InChI=1S/C15H11NO3S2/c1-19-11-6-4-10(5-7-11)16-14(17)13(21-15(16)18)9-12-3-2-8-20-12/h2-9H,1H3/b13-9+. The van der Waals surface area contributed by atoms with Crippen molar-refractivity contribution >= 4 is 46.0 Å². The average Bonchev–Trinajstić information content (AvgIpc) is 3.09. The van der Waals surface area contributed by atoms with E-state index >= 15 is 0 Å². The molecule has 0 atom stereocenters. The Morgan fingerprint density at radius 1 is 1.14 bits per heavy atom. The fraction of sp³-hybridized carbons (Fsp3) is 0.0667. The zero-order chi connectivity index (χ0) is 14.8. The summed E-state index contributed by atoms with van der Waals surface area (Å²) in [6.45, 7) is 0. The minimum Gasteiger partial charge on any atom is -0.497 e. The van der Waals surface area contributed by atoms with Crippen LogP contribution in [0.25, 0.3) is 6.08 Å². The molecule has 0 N–H and O–H groups in total. The summed E-state index contributed by atoms with van der Waals surface area (Å²) in [6.07, 6.45) is 1.75. The highest BCUT2D eigenvalue weighted by Crippen LogP contribution is 2.36. The van der Waals surface area contributed by atoms with Crippen LogP contribution in [0, 0.1) is 0 Å². The molecule has 3 rings (SSSR count). The lowest BCUT2D eigenvalue weighted by Crippen LogP contribution is -2.27. The monoisotopic (exact) mass is 317 g/mol. The van der Waals surface area contributed by atoms with Gasteiger partial charge in [0.1, 0.15) is 5.75 Å². The van der Waals surface area contributed by atoms with Gasteiger partial charge in [0.05, 0.1) is 17.7 Å². The lowest BCUT2D eigenvalue weighted by Gasteiger charge is -2.12. The number of benzene rings is 1. The summed E-state index contributed by atoms with van der Waals surface area (Å²) < 4.78 is 5.07. The number of thiophene rings is 1. The number of carbonyl (C=O) groups is 2. The number of hydrogen-bond donors (Lipinski definition) is 0. The summed E-state index contributed by atoms with van der Waals surface area (Å²) in [6, 6.07) is 10.7. The van der Waals surface area contributed by atoms with Crippen molar-refractivity contribution in [3.05, 3.63) is 51.6 Å². The SMILES string of the molecule is COc1ccc(N2C(=O)S/C(=C/c3cccs3)C2=O)cc1. The fourth-order valence-corrected chi connectivity index (χ4v) is 3.49. The number of nitrogens with zero attached hydrogens (tertiary/aromatic N) is 1. The Hall–Kier alpha value is -2.05. The van der Waals surface area contributed by atoms with E-state index in [2.05, 4.69) is 0 Å². The molecule has 1 aliphatic rings. The molecular weight excluding hydrogens is 306 g/mol. The van der Waals surface area contributed by atoms with Crippen LogP contribution in [0.1, 0.15) is 4.88 Å². The molecular formula is C15H11NO3S2. The second kappa shape index (κ2) is 5.75. The third kappa shape index (κ3) is 2.72. The molecule has 0 bridgehead atoms. The van der Waals surface area contributed by atoms with E-state index in [1.165, 1.54) is 16.2 Å². The second-order valence-corrected chi connectivity index (χ2v) is 6.20. The first-order valence-electron chi connectivity index (χ1n) is 6.14. The maximum absolute atomic E-state index is 12.4. The molecule has 0 unspecified atom stereocenters. The van der Waals surface area contributed by atoms with Gasteiger partial charge < -0.3 is 4.74 Å². The zero-order valence-electron chi connectivity index (χ0n) is 11.1. The van der Waals surface area contributed by atoms with Crippen molar-refractivity contribution in [2.75, 3.05) is 12.0 Å². The number of anilines is 1. The van der Waals surface area contributed by atoms with Crippen LogP contribution in [0.15, 0.2) is 46.7 Å². The quantitative estimate of drug-likeness (QED) is 0.803. The van der Waals surface area contributed by atoms with Gasteiger partial charge in [-0.2, -0.15) is 0 Å². The zero-order valence-corrected chi connectivity index (χ0v) is 12.7. The van der Waals surface area contributed by atoms with Crippen molar-refractivity contribution in [1.82, 2.24) is 0 Å². The van der Waals surface area contributed by atoms with Gasteiger partial charge in [0.15, 0.2) is 0 Å². The van der Waals surface area contributed by atoms with E-state index in [-0.39, 0.29) is 11.1 Å². The van der Waals surface area contributed by atoms with Crippen molar-refractivity contribution in [2.24, 2.45) is 0 Å². The van der Waals surface area contributed by atoms with Gasteiger partial charge in [-0.05, 0) is 53.5 Å². The normalized spacial score (nSPS) is 16.8. The molecule has 1 saturated heterocycles. The summed E-state index contributed by atoms with van der Waals surface area (Å²) in [5.74, 6) is 0.392. The molecule has 0 spiro atoms. The smallest absolute Gasteiger partial charge is 0.298 e. The molecule has 0 saturated carbocycles. The maximum Gasteiger partial charge on any atom is 0.298 e. The molecule has 106 valence electrons. The minimum absolute atomic E-state index is 0.284. The topological polar surface area (TPSA) is 46.6 Å². The number of imide groups is 1. The average molecular weight is 317 g/mol. The van der Waals surface area contributed by atoms with Crippen molar-refractivity contribution in [1.29, 1.82) is 0 Å². The van der Waals surface area contributed by atoms with Gasteiger partial charge >= 0.3 is 0 Å². The van der Waals surface area contributed by atoms with Crippen LogP contribution in [0.4, 0.5) is 10.5 Å². The lowest BCUT2D eigenvalue weighted by atomic mass is 10.2. The van der Waals surface area contributed by atoms with E-state index in [9.17, 15) is 9.59 Å². The van der Waals surface area contributed by atoms with E-state index in [1.54, 1.807) is 37.5 Å². The first-order valence-corrected chi connectivity index (χ1v) is 7.84. The van der Waals surface area contributed by atoms with Crippen LogP contribution in [0.5, 0.6) is 5.75 Å². The predicted octanol–water partition coefficient (Wildman–Crippen LogP) is 4.00. The van der Waals surface area contributed by atoms with Crippen LogP contribution in [0.3, 0.4) is 0 Å². The molecule has 0 aliphatic carbocycles. The number of rotatable bonds is 3. The number of amides is 2. The van der Waals surface area contributed by atoms with Gasteiger partial charge in [-0.15, -0.1) is 11.3 Å². The van der Waals surface area contributed by atoms with E-state index in [4.69, 9.17) is 4.74 Å². The van der Waals surface area contributed by atoms with Gasteiger partial charge in [-0.3, -0.25) is 9.59 Å². The first kappa shape index (κ1) is 13.9. The van der Waals surface area contributed by atoms with Gasteiger partial charge in [-0.1, -0.05) is 6.07 Å². The maximum atomic E-state index is 12.4. The summed E-state index contributed by atoms with van der Waals surface area (Å²) in [5.41, 5.74) is 0.549. The van der Waals surface area contributed by atoms with Crippen molar-refractivity contribution in [3.63, 3.8) is 0 Å². The van der Waals surface area contributed by atoms with Crippen LogP contribution in [-0.2, 0) is 4.79 Å². The Morgan fingerprint density at radius 3 is 2.52 bits per heavy atom. The Bertz CT molecular complexity index is 705. The Labute approximate surface area is 130 Å². The molecule has 1 aromatic carbocycles. The summed E-state index contributed by atoms with van der Waals surface area (Å²) >= 11 is 2.49. The number of ether oxygens (including phenoxy) is 1. The summed E-state index contributed by atoms with van der Waals surface area (Å²) in [7, 11) is 1.57. The third-order valence-corrected chi connectivity index (χ3v) is 4.63. The number of methoxy groups -OCH3 is 1. The number of thioether (sulfide) groups is 1. The van der Waals surface area contributed by atoms with Crippen molar-refractivity contribution < 1.29 is 14.3 Å². The molecule has 21 heavy (non-hydrogen) atoms. The lowest BCUT2D eigenvalue weighted by molar-refractivity contribution is -0.113. The molecule has 2 heterocycles. The van der Waals surface area contributed by atoms with Crippen LogP contribution < -0.4 is 9.64 Å². The first-order chi connectivity index (χ1) is 10.2. The second-order valence-electron chi connectivity index (χ2n) is 4.23. The van der Waals surface area contributed by atoms with Gasteiger partial charge in [-0.25, -0.2) is 4.90 Å². The highest BCUT2D eigenvalue weighted by Gasteiger charge is 2.36. The van der Waals surface area contributed by atoms with E-state index < -0.39 is 0 Å². The Balaban J connectivity index is 1.90. The largest absolute Gasteiger partial charge is 0.497 e. The van der Waals surface area contributed by atoms with Gasteiger partial charge in [0.2, 0.25) is 0 Å². The van der Waals surface area contributed by atoms with Crippen molar-refractivity contribution in [2.45, 2.75) is 0 Å². The molecule has 6 heteroatoms. The molecule has 1 aliphatic heterocycles. The highest BCUT2D eigenvalue weighted by atomic mass is 32.2. The molecule has 4 nitrogen and oxygen atoms in total. The van der Waals surface area contributed by atoms with E-state index in [1.807, 2.05) is 17.5 Å². The third-order valence-electron chi connectivity index (χ3n) is 2.94. The molecule has 1 fully saturated rings. The van der Waals surface area contributed by atoms with E-state index in [0.717, 1.165) is 16.6 Å². The highest BCUT2D eigenvalue weighted by molar-refractivity contribution is 8.19.